The fourth-order valence-corrected chi connectivity index (χ4v) is 4.38. The molecule has 0 saturated carbocycles. The first kappa shape index (κ1) is 25.4. The second kappa shape index (κ2) is 11.3. The minimum atomic E-state index is -1.05. The molecule has 0 bridgehead atoms. The number of hydrogen-bond acceptors (Lipinski definition) is 4. The van der Waals surface area contributed by atoms with Crippen LogP contribution in [0.3, 0.4) is 0 Å². The number of amides is 1. The number of aromatic nitrogens is 1. The predicted molar refractivity (Wildman–Crippen MR) is 136 cm³/mol. The molecule has 0 radical (unpaired) electrons. The molecule has 180 valence electrons. The highest BCUT2D eigenvalue weighted by atomic mass is 16.4. The van der Waals surface area contributed by atoms with Crippen molar-refractivity contribution >= 4 is 6.09 Å². The third-order valence-electron chi connectivity index (χ3n) is 5.95. The molecule has 34 heavy (non-hydrogen) atoms. The highest BCUT2D eigenvalue weighted by molar-refractivity contribution is 5.66. The van der Waals surface area contributed by atoms with Crippen LogP contribution in [0.25, 0.3) is 11.3 Å². The van der Waals surface area contributed by atoms with Gasteiger partial charge in [0.15, 0.2) is 0 Å². The van der Waals surface area contributed by atoms with E-state index in [1.165, 1.54) is 4.90 Å². The first-order valence-electron chi connectivity index (χ1n) is 11.7. The van der Waals surface area contributed by atoms with Crippen molar-refractivity contribution < 1.29 is 15.0 Å². The first-order chi connectivity index (χ1) is 16.1. The predicted octanol–water partition coefficient (Wildman–Crippen LogP) is 4.76. The molecule has 0 fully saturated rings. The summed E-state index contributed by atoms with van der Waals surface area (Å²) in [6.07, 6.45) is 1.10. The number of nitrogens with zero attached hydrogens (tertiary/aromatic N) is 2. The first-order valence-corrected chi connectivity index (χ1v) is 11.7. The van der Waals surface area contributed by atoms with Gasteiger partial charge >= 0.3 is 6.09 Å². The van der Waals surface area contributed by atoms with Gasteiger partial charge in [-0.2, -0.15) is 0 Å². The summed E-state index contributed by atoms with van der Waals surface area (Å²) in [5.74, 6) is 0. The van der Waals surface area contributed by atoms with Crippen molar-refractivity contribution in [2.45, 2.75) is 63.8 Å². The summed E-state index contributed by atoms with van der Waals surface area (Å²) in [4.78, 5) is 17.9. The molecule has 0 saturated heterocycles. The maximum absolute atomic E-state index is 12.2. The highest BCUT2D eigenvalue weighted by Crippen LogP contribution is 2.25. The van der Waals surface area contributed by atoms with E-state index in [-0.39, 0.29) is 6.04 Å². The molecule has 1 aromatic heterocycles. The van der Waals surface area contributed by atoms with Gasteiger partial charge in [0, 0.05) is 23.3 Å². The number of carbonyl (C=O) groups is 1. The van der Waals surface area contributed by atoms with Gasteiger partial charge in [0.25, 0.3) is 0 Å². The number of hydrogen-bond donors (Lipinski definition) is 3. The SMILES string of the molecule is CC(C)(C)N(C(=O)O)[C@@H](Cc1ccccc1)[C@@H](O)C[C@H](N)Cc1ccc(-c2ccccn2)cc1. The minimum Gasteiger partial charge on any atom is -0.465 e. The van der Waals surface area contributed by atoms with Gasteiger partial charge in [-0.05, 0) is 63.3 Å². The van der Waals surface area contributed by atoms with Crippen LogP contribution in [0.5, 0.6) is 0 Å². The molecule has 3 atom stereocenters. The highest BCUT2D eigenvalue weighted by Gasteiger charge is 2.37. The van der Waals surface area contributed by atoms with E-state index in [1.807, 2.05) is 93.6 Å². The van der Waals surface area contributed by atoms with E-state index in [1.54, 1.807) is 6.20 Å². The Morgan fingerprint density at radius 2 is 1.56 bits per heavy atom. The Balaban J connectivity index is 1.72. The smallest absolute Gasteiger partial charge is 0.408 e. The van der Waals surface area contributed by atoms with Crippen molar-refractivity contribution in [2.75, 3.05) is 0 Å². The second-order valence-electron chi connectivity index (χ2n) is 9.76. The van der Waals surface area contributed by atoms with Crippen molar-refractivity contribution in [3.8, 4) is 11.3 Å². The van der Waals surface area contributed by atoms with E-state index >= 15 is 0 Å². The van der Waals surface area contributed by atoms with E-state index in [0.717, 1.165) is 22.4 Å². The zero-order chi connectivity index (χ0) is 24.7. The van der Waals surface area contributed by atoms with Crippen LogP contribution in [0.4, 0.5) is 4.79 Å². The van der Waals surface area contributed by atoms with E-state index in [9.17, 15) is 15.0 Å². The maximum atomic E-state index is 12.2. The molecule has 1 heterocycles. The number of aliphatic hydroxyl groups is 1. The van der Waals surface area contributed by atoms with Crippen molar-refractivity contribution in [1.82, 2.24) is 9.88 Å². The number of rotatable bonds is 9. The van der Waals surface area contributed by atoms with Crippen LogP contribution in [0.15, 0.2) is 79.0 Å². The molecule has 0 aliphatic rings. The van der Waals surface area contributed by atoms with Crippen molar-refractivity contribution in [3.05, 3.63) is 90.1 Å². The number of pyridine rings is 1. The Morgan fingerprint density at radius 3 is 2.12 bits per heavy atom. The van der Waals surface area contributed by atoms with Gasteiger partial charge in [0.05, 0.1) is 17.8 Å². The van der Waals surface area contributed by atoms with Crippen LogP contribution in [0.2, 0.25) is 0 Å². The summed E-state index contributed by atoms with van der Waals surface area (Å²) in [5.41, 5.74) is 9.74. The van der Waals surface area contributed by atoms with Crippen molar-refractivity contribution in [2.24, 2.45) is 5.73 Å². The van der Waals surface area contributed by atoms with E-state index < -0.39 is 23.8 Å². The molecule has 0 spiro atoms. The Morgan fingerprint density at radius 1 is 0.941 bits per heavy atom. The van der Waals surface area contributed by atoms with Crippen LogP contribution in [-0.2, 0) is 12.8 Å². The van der Waals surface area contributed by atoms with Crippen molar-refractivity contribution in [1.29, 1.82) is 0 Å². The lowest BCUT2D eigenvalue weighted by atomic mass is 9.90. The Kier molecular flexibility index (Phi) is 8.42. The van der Waals surface area contributed by atoms with Gasteiger partial charge in [0.2, 0.25) is 0 Å². The molecule has 0 aliphatic carbocycles. The normalized spacial score (nSPS) is 14.3. The third kappa shape index (κ3) is 6.89. The molecule has 0 unspecified atom stereocenters. The van der Waals surface area contributed by atoms with Crippen LogP contribution < -0.4 is 5.73 Å². The number of benzene rings is 2. The summed E-state index contributed by atoms with van der Waals surface area (Å²) >= 11 is 0. The lowest BCUT2D eigenvalue weighted by molar-refractivity contribution is 0.00174. The lowest BCUT2D eigenvalue weighted by Gasteiger charge is -2.42. The minimum absolute atomic E-state index is 0.291. The third-order valence-corrected chi connectivity index (χ3v) is 5.95. The summed E-state index contributed by atoms with van der Waals surface area (Å²) in [5, 5.41) is 21.2. The monoisotopic (exact) mass is 461 g/mol. The Hall–Kier alpha value is -3.22. The molecule has 2 aromatic carbocycles. The lowest BCUT2D eigenvalue weighted by Crippen LogP contribution is -2.57. The molecule has 4 N–H and O–H groups in total. The average molecular weight is 462 g/mol. The Bertz CT molecular complexity index is 1030. The molecular formula is C28H35N3O3. The number of carboxylic acid groups (broad SMARTS) is 1. The van der Waals surface area contributed by atoms with E-state index in [0.29, 0.717) is 19.3 Å². The van der Waals surface area contributed by atoms with Gasteiger partial charge < -0.3 is 15.9 Å². The zero-order valence-electron chi connectivity index (χ0n) is 20.1. The van der Waals surface area contributed by atoms with E-state index in [4.69, 9.17) is 5.73 Å². The molecule has 6 nitrogen and oxygen atoms in total. The zero-order valence-corrected chi connectivity index (χ0v) is 20.1. The molecule has 3 aromatic rings. The quantitative estimate of drug-likeness (QED) is 0.427. The Labute approximate surface area is 202 Å². The van der Waals surface area contributed by atoms with Gasteiger partial charge in [-0.15, -0.1) is 0 Å². The fourth-order valence-electron chi connectivity index (χ4n) is 4.38. The molecular weight excluding hydrogens is 426 g/mol. The fraction of sp³-hybridized carbons (Fsp3) is 0.357. The van der Waals surface area contributed by atoms with E-state index in [2.05, 4.69) is 4.98 Å². The number of nitrogens with two attached hydrogens (primary N) is 1. The van der Waals surface area contributed by atoms with Gasteiger partial charge in [-0.1, -0.05) is 60.7 Å². The topological polar surface area (TPSA) is 99.7 Å². The molecule has 3 rings (SSSR count). The van der Waals surface area contributed by atoms with Gasteiger partial charge in [-0.25, -0.2) is 4.79 Å². The standard InChI is InChI=1S/C28H35N3O3/c1-28(2,3)31(27(33)34)25(18-20-9-5-4-6-10-20)26(32)19-23(29)17-21-12-14-22(15-13-21)24-11-7-8-16-30-24/h4-16,23,25-26,32H,17-19,29H2,1-3H3,(H,33,34)/t23-,25+,26+/m1/s1. The molecule has 0 aliphatic heterocycles. The molecule has 6 heteroatoms. The largest absolute Gasteiger partial charge is 0.465 e. The molecule has 1 amide bonds. The second-order valence-corrected chi connectivity index (χ2v) is 9.76. The number of aliphatic hydroxyl groups excluding tert-OH is 1. The summed E-state index contributed by atoms with van der Waals surface area (Å²) in [6, 6.07) is 22.6. The van der Waals surface area contributed by atoms with Crippen LogP contribution in [0.1, 0.15) is 38.3 Å². The van der Waals surface area contributed by atoms with Crippen molar-refractivity contribution in [3.63, 3.8) is 0 Å². The van der Waals surface area contributed by atoms with Crippen LogP contribution in [-0.4, -0.2) is 49.9 Å². The van der Waals surface area contributed by atoms with Gasteiger partial charge in [0.1, 0.15) is 0 Å². The maximum Gasteiger partial charge on any atom is 0.408 e. The summed E-state index contributed by atoms with van der Waals surface area (Å²) in [7, 11) is 0. The van der Waals surface area contributed by atoms with Crippen LogP contribution in [0, 0.1) is 0 Å². The summed E-state index contributed by atoms with van der Waals surface area (Å²) in [6.45, 7) is 5.53. The summed E-state index contributed by atoms with van der Waals surface area (Å²) < 4.78 is 0. The average Bonchev–Trinajstić information content (AvgIpc) is 2.79. The van der Waals surface area contributed by atoms with Gasteiger partial charge in [-0.3, -0.25) is 9.88 Å². The van der Waals surface area contributed by atoms with Crippen LogP contribution >= 0.6 is 0 Å².